The molecule has 0 bridgehead atoms. The van der Waals surface area contributed by atoms with Gasteiger partial charge in [-0.3, -0.25) is 4.79 Å². The fourth-order valence-electron chi connectivity index (χ4n) is 2.64. The van der Waals surface area contributed by atoms with Gasteiger partial charge >= 0.3 is 0 Å². The van der Waals surface area contributed by atoms with Crippen molar-refractivity contribution in [1.29, 1.82) is 0 Å². The third-order valence-electron chi connectivity index (χ3n) is 3.98. The number of halogens is 1. The van der Waals surface area contributed by atoms with E-state index in [0.29, 0.717) is 6.54 Å². The van der Waals surface area contributed by atoms with Crippen LogP contribution in [0.5, 0.6) is 0 Å². The molecular formula is C23H20INO. The first kappa shape index (κ1) is 17.0. The normalized spacial score (nSPS) is 11.8. The van der Waals surface area contributed by atoms with E-state index in [1.165, 1.54) is 0 Å². The van der Waals surface area contributed by atoms with Crippen LogP contribution in [0.1, 0.15) is 18.1 Å². The van der Waals surface area contributed by atoms with Gasteiger partial charge in [0.15, 0.2) is 0 Å². The van der Waals surface area contributed by atoms with Gasteiger partial charge in [-0.15, -0.1) is 0 Å². The van der Waals surface area contributed by atoms with Crippen molar-refractivity contribution in [3.63, 3.8) is 0 Å². The third-order valence-corrected chi connectivity index (χ3v) is 4.85. The Morgan fingerprint density at radius 2 is 1.69 bits per heavy atom. The third kappa shape index (κ3) is 4.82. The van der Waals surface area contributed by atoms with Gasteiger partial charge in [-0.1, -0.05) is 66.7 Å². The summed E-state index contributed by atoms with van der Waals surface area (Å²) in [6, 6.07) is 25.3. The zero-order chi connectivity index (χ0) is 19.2. The van der Waals surface area contributed by atoms with E-state index in [9.17, 15) is 4.79 Å². The van der Waals surface area contributed by atoms with Crippen LogP contribution in [0, 0.1) is 10.5 Å². The van der Waals surface area contributed by atoms with Crippen molar-refractivity contribution < 1.29 is 6.17 Å². The zero-order valence-corrected chi connectivity index (χ0v) is 16.7. The van der Waals surface area contributed by atoms with Crippen molar-refractivity contribution in [3.8, 4) is 0 Å². The lowest BCUT2D eigenvalue weighted by molar-refractivity contribution is -0.114. The summed E-state index contributed by atoms with van der Waals surface area (Å²) in [5.74, 6) is -0.315. The van der Waals surface area contributed by atoms with E-state index in [4.69, 9.17) is 1.37 Å². The maximum absolute atomic E-state index is 13.2. The van der Waals surface area contributed by atoms with Crippen molar-refractivity contribution >= 4 is 40.3 Å². The van der Waals surface area contributed by atoms with E-state index in [2.05, 4.69) is 22.6 Å². The van der Waals surface area contributed by atoms with Crippen LogP contribution in [0.4, 0.5) is 5.69 Å². The number of hydrogen-bond acceptors (Lipinski definition) is 1. The number of carbonyl (C=O) groups excluding carboxylic acids is 1. The molecular weight excluding hydrogens is 433 g/mol. The first-order valence-electron chi connectivity index (χ1n) is 8.90. The van der Waals surface area contributed by atoms with Gasteiger partial charge in [0.05, 0.1) is 13.6 Å². The summed E-state index contributed by atoms with van der Waals surface area (Å²) in [5.41, 5.74) is 3.83. The van der Waals surface area contributed by atoms with Gasteiger partial charge in [0.1, 0.15) is 0 Å². The van der Waals surface area contributed by atoms with Crippen molar-refractivity contribution in [2.45, 2.75) is 13.5 Å². The molecule has 0 unspecified atom stereocenters. The highest BCUT2D eigenvalue weighted by Gasteiger charge is 2.16. The Morgan fingerprint density at radius 3 is 2.35 bits per heavy atom. The number of anilines is 1. The van der Waals surface area contributed by atoms with Gasteiger partial charge in [-0.25, -0.2) is 0 Å². The molecule has 0 radical (unpaired) electrons. The quantitative estimate of drug-likeness (QED) is 0.350. The smallest absolute Gasteiger partial charge is 0.251 e. The van der Waals surface area contributed by atoms with Crippen LogP contribution in [-0.4, -0.2) is 5.91 Å². The van der Waals surface area contributed by atoms with Gasteiger partial charge in [-0.05, 0) is 64.4 Å². The summed E-state index contributed by atoms with van der Waals surface area (Å²) in [7, 11) is 0. The molecule has 0 heterocycles. The minimum atomic E-state index is -0.315. The first-order valence-corrected chi connectivity index (χ1v) is 9.48. The van der Waals surface area contributed by atoms with E-state index in [0.717, 1.165) is 25.9 Å². The Bertz CT molecular complexity index is 955. The van der Waals surface area contributed by atoms with Gasteiger partial charge in [-0.2, -0.15) is 0 Å². The molecule has 0 saturated heterocycles. The molecule has 130 valence electrons. The maximum Gasteiger partial charge on any atom is 0.251 e. The molecule has 0 aliphatic rings. The highest BCUT2D eigenvalue weighted by atomic mass is 127. The zero-order valence-electron chi connectivity index (χ0n) is 15.5. The highest BCUT2D eigenvalue weighted by molar-refractivity contribution is 14.1. The molecule has 0 aromatic heterocycles. The lowest BCUT2D eigenvalue weighted by Crippen LogP contribution is -2.29. The van der Waals surface area contributed by atoms with Crippen LogP contribution in [0.15, 0.2) is 84.9 Å². The summed E-state index contributed by atoms with van der Waals surface area (Å²) in [6.07, 6.45) is 1.61. The van der Waals surface area contributed by atoms with Gasteiger partial charge in [0, 0.05) is 9.62 Å². The van der Waals surface area contributed by atoms with Crippen LogP contribution >= 0.6 is 22.6 Å². The van der Waals surface area contributed by atoms with Gasteiger partial charge in [0.2, 0.25) is 0 Å². The minimum absolute atomic E-state index is 0.0338. The van der Waals surface area contributed by atoms with Crippen LogP contribution in [0.2, 0.25) is 0 Å². The van der Waals surface area contributed by atoms with Crippen molar-refractivity contribution in [2.24, 2.45) is 0 Å². The fourth-order valence-corrected chi connectivity index (χ4v) is 3.60. The molecule has 0 N–H and O–H groups in total. The second-order valence-corrected chi connectivity index (χ2v) is 7.19. The maximum atomic E-state index is 13.2. The lowest BCUT2D eigenvalue weighted by Gasteiger charge is -2.23. The van der Waals surface area contributed by atoms with Crippen molar-refractivity contribution in [2.75, 3.05) is 4.90 Å². The molecule has 3 aromatic rings. The Kier molecular flexibility index (Phi) is 5.77. The molecule has 0 aliphatic carbocycles. The van der Waals surface area contributed by atoms with Crippen LogP contribution in [-0.2, 0) is 11.3 Å². The number of hydrogen-bond donors (Lipinski definition) is 0. The Hall–Kier alpha value is -2.40. The summed E-state index contributed by atoms with van der Waals surface area (Å²) in [5, 5.41) is 0. The number of nitrogens with zero attached hydrogens (tertiary/aromatic N) is 1. The van der Waals surface area contributed by atoms with E-state index in [1.54, 1.807) is 11.0 Å². The van der Waals surface area contributed by atoms with Gasteiger partial charge in [0.25, 0.3) is 5.91 Å². The molecule has 2 nitrogen and oxygen atoms in total. The molecule has 1 amide bonds. The average Bonchev–Trinajstić information content (AvgIpc) is 2.68. The number of aryl methyl sites for hydroxylation is 1. The van der Waals surface area contributed by atoms with E-state index in [-0.39, 0.29) is 12.0 Å². The second kappa shape index (κ2) is 8.81. The molecule has 0 saturated carbocycles. The molecule has 0 aliphatic heterocycles. The Labute approximate surface area is 169 Å². The van der Waals surface area contributed by atoms with Crippen molar-refractivity contribution in [1.82, 2.24) is 0 Å². The van der Waals surface area contributed by atoms with Crippen LogP contribution in [0.25, 0.3) is 6.08 Å². The number of amides is 1. The molecule has 0 atom stereocenters. The molecule has 3 rings (SSSR count). The molecule has 0 spiro atoms. The molecule has 0 fully saturated rings. The standard InChI is InChI=1S/C23H20INO/c1-18-12-14-22(21(24)16-18)25(17-20-10-6-3-7-11-20)23(26)15-13-19-8-4-2-5-9-19/h2-16H,17H2,1H3/i15D. The van der Waals surface area contributed by atoms with Crippen LogP contribution in [0.3, 0.4) is 0 Å². The number of benzene rings is 3. The Balaban J connectivity index is 1.98. The molecule has 26 heavy (non-hydrogen) atoms. The second-order valence-electron chi connectivity index (χ2n) is 6.03. The Morgan fingerprint density at radius 1 is 1.04 bits per heavy atom. The lowest BCUT2D eigenvalue weighted by atomic mass is 10.1. The average molecular weight is 454 g/mol. The van der Waals surface area contributed by atoms with Crippen molar-refractivity contribution in [3.05, 3.63) is 105 Å². The van der Waals surface area contributed by atoms with E-state index < -0.39 is 0 Å². The number of carbonyl (C=O) groups is 1. The van der Waals surface area contributed by atoms with E-state index >= 15 is 0 Å². The van der Waals surface area contributed by atoms with Gasteiger partial charge < -0.3 is 4.90 Å². The predicted molar refractivity (Wildman–Crippen MR) is 117 cm³/mol. The molecule has 3 heteroatoms. The topological polar surface area (TPSA) is 20.3 Å². The number of rotatable bonds is 5. The minimum Gasteiger partial charge on any atom is -0.303 e. The summed E-state index contributed by atoms with van der Waals surface area (Å²) >= 11 is 2.25. The highest BCUT2D eigenvalue weighted by Crippen LogP contribution is 2.26. The monoisotopic (exact) mass is 454 g/mol. The largest absolute Gasteiger partial charge is 0.303 e. The van der Waals surface area contributed by atoms with E-state index in [1.807, 2.05) is 85.8 Å². The van der Waals surface area contributed by atoms with Crippen LogP contribution < -0.4 is 4.90 Å². The summed E-state index contributed by atoms with van der Waals surface area (Å²) in [6.45, 7) is 2.45. The first-order chi connectivity index (χ1) is 13.0. The predicted octanol–water partition coefficient (Wildman–Crippen LogP) is 5.85. The summed E-state index contributed by atoms with van der Waals surface area (Å²) < 4.78 is 9.33. The molecule has 3 aromatic carbocycles. The SMILES string of the molecule is [2H]C(=Cc1ccccc1)C(=O)N(Cc1ccccc1)c1ccc(C)cc1I. The fraction of sp³-hybridized carbons (Fsp3) is 0.0870. The summed E-state index contributed by atoms with van der Waals surface area (Å²) in [4.78, 5) is 14.8.